The molecule has 0 amide bonds. The molecule has 0 spiro atoms. The Bertz CT molecular complexity index is 580. The molecule has 1 heterocycles. The van der Waals surface area contributed by atoms with Crippen molar-refractivity contribution < 1.29 is 19.0 Å². The maximum absolute atomic E-state index is 13.1. The third kappa shape index (κ3) is 2.65. The normalized spacial score (nSPS) is 10.3. The second kappa shape index (κ2) is 4.87. The van der Waals surface area contributed by atoms with Crippen molar-refractivity contribution in [2.45, 2.75) is 6.92 Å². The number of carboxylic acid groups (broad SMARTS) is 1. The molecule has 0 saturated carbocycles. The molecule has 0 unspecified atom stereocenters. The van der Waals surface area contributed by atoms with E-state index in [0.29, 0.717) is 5.69 Å². The lowest BCUT2D eigenvalue weighted by atomic mass is 10.3. The number of carbonyl (C=O) groups is 1. The fraction of sp³-hybridized carbons (Fsp3) is 0.167. The SMILES string of the molecule is Cc1cc(OCC(=O)O)nn1-c1cccc(F)c1. The second-order valence-corrected chi connectivity index (χ2v) is 3.70. The zero-order valence-electron chi connectivity index (χ0n) is 9.63. The van der Waals surface area contributed by atoms with Crippen LogP contribution in [0.1, 0.15) is 5.69 Å². The Morgan fingerprint density at radius 1 is 1.50 bits per heavy atom. The van der Waals surface area contributed by atoms with E-state index in [1.54, 1.807) is 25.1 Å². The highest BCUT2D eigenvalue weighted by atomic mass is 19.1. The third-order valence-corrected chi connectivity index (χ3v) is 2.26. The molecule has 2 aromatic rings. The van der Waals surface area contributed by atoms with Gasteiger partial charge in [-0.1, -0.05) is 6.07 Å². The molecule has 0 aliphatic rings. The summed E-state index contributed by atoms with van der Waals surface area (Å²) in [6, 6.07) is 7.53. The maximum atomic E-state index is 13.1. The monoisotopic (exact) mass is 250 g/mol. The van der Waals surface area contributed by atoms with Gasteiger partial charge in [-0.3, -0.25) is 0 Å². The van der Waals surface area contributed by atoms with Crippen LogP contribution in [0.25, 0.3) is 5.69 Å². The molecule has 0 saturated heterocycles. The van der Waals surface area contributed by atoms with E-state index in [0.717, 1.165) is 5.69 Å². The van der Waals surface area contributed by atoms with Gasteiger partial charge in [-0.05, 0) is 25.1 Å². The molecule has 0 aliphatic carbocycles. The molecule has 0 bridgehead atoms. The predicted octanol–water partition coefficient (Wildman–Crippen LogP) is 1.78. The maximum Gasteiger partial charge on any atom is 0.341 e. The van der Waals surface area contributed by atoms with Gasteiger partial charge in [-0.25, -0.2) is 13.9 Å². The van der Waals surface area contributed by atoms with E-state index in [1.807, 2.05) is 0 Å². The zero-order chi connectivity index (χ0) is 13.1. The minimum absolute atomic E-state index is 0.194. The van der Waals surface area contributed by atoms with Gasteiger partial charge < -0.3 is 9.84 Å². The number of benzene rings is 1. The number of rotatable bonds is 4. The molecule has 18 heavy (non-hydrogen) atoms. The van der Waals surface area contributed by atoms with E-state index < -0.39 is 12.6 Å². The molecule has 1 N–H and O–H groups in total. The van der Waals surface area contributed by atoms with Crippen molar-refractivity contribution in [2.24, 2.45) is 0 Å². The highest BCUT2D eigenvalue weighted by Crippen LogP contribution is 2.17. The zero-order valence-corrected chi connectivity index (χ0v) is 9.63. The first-order valence-electron chi connectivity index (χ1n) is 5.23. The molecule has 1 aromatic heterocycles. The minimum atomic E-state index is -1.08. The van der Waals surface area contributed by atoms with Crippen LogP contribution in [0.15, 0.2) is 30.3 Å². The Morgan fingerprint density at radius 2 is 2.28 bits per heavy atom. The number of aryl methyl sites for hydroxylation is 1. The van der Waals surface area contributed by atoms with Gasteiger partial charge in [0.2, 0.25) is 5.88 Å². The summed E-state index contributed by atoms with van der Waals surface area (Å²) in [5, 5.41) is 12.6. The molecular formula is C12H11FN2O3. The van der Waals surface area contributed by atoms with Crippen molar-refractivity contribution >= 4 is 5.97 Å². The number of halogens is 1. The summed E-state index contributed by atoms with van der Waals surface area (Å²) < 4.78 is 19.5. The number of hydrogen-bond acceptors (Lipinski definition) is 3. The summed E-state index contributed by atoms with van der Waals surface area (Å²) in [6.07, 6.45) is 0. The minimum Gasteiger partial charge on any atom is -0.479 e. The molecule has 1 aromatic carbocycles. The van der Waals surface area contributed by atoms with Gasteiger partial charge >= 0.3 is 5.97 Å². The lowest BCUT2D eigenvalue weighted by molar-refractivity contribution is -0.139. The second-order valence-electron chi connectivity index (χ2n) is 3.70. The molecular weight excluding hydrogens is 239 g/mol. The van der Waals surface area contributed by atoms with Crippen molar-refractivity contribution in [3.63, 3.8) is 0 Å². The molecule has 0 atom stereocenters. The van der Waals surface area contributed by atoms with Crippen LogP contribution in [0.4, 0.5) is 4.39 Å². The quantitative estimate of drug-likeness (QED) is 0.898. The fourth-order valence-corrected chi connectivity index (χ4v) is 1.52. The summed E-state index contributed by atoms with van der Waals surface area (Å²) in [5.41, 5.74) is 1.28. The van der Waals surface area contributed by atoms with E-state index in [4.69, 9.17) is 9.84 Å². The average molecular weight is 250 g/mol. The Morgan fingerprint density at radius 3 is 2.94 bits per heavy atom. The van der Waals surface area contributed by atoms with Crippen LogP contribution in [0.5, 0.6) is 5.88 Å². The van der Waals surface area contributed by atoms with Crippen LogP contribution in [0.3, 0.4) is 0 Å². The molecule has 94 valence electrons. The largest absolute Gasteiger partial charge is 0.479 e. The highest BCUT2D eigenvalue weighted by molar-refractivity contribution is 5.68. The Labute approximate surface area is 102 Å². The number of carboxylic acids is 1. The first kappa shape index (κ1) is 12.1. The van der Waals surface area contributed by atoms with Gasteiger partial charge in [0.15, 0.2) is 6.61 Å². The van der Waals surface area contributed by atoms with Gasteiger partial charge in [0.1, 0.15) is 5.82 Å². The molecule has 0 aliphatic heterocycles. The van der Waals surface area contributed by atoms with Crippen molar-refractivity contribution in [2.75, 3.05) is 6.61 Å². The molecule has 0 radical (unpaired) electrons. The fourth-order valence-electron chi connectivity index (χ4n) is 1.52. The summed E-state index contributed by atoms with van der Waals surface area (Å²) in [6.45, 7) is 1.31. The van der Waals surface area contributed by atoms with E-state index in [9.17, 15) is 9.18 Å². The van der Waals surface area contributed by atoms with Crippen molar-refractivity contribution in [1.29, 1.82) is 0 Å². The van der Waals surface area contributed by atoms with Gasteiger partial charge in [0, 0.05) is 11.8 Å². The topological polar surface area (TPSA) is 64.3 Å². The number of nitrogens with zero attached hydrogens (tertiary/aromatic N) is 2. The molecule has 5 nitrogen and oxygen atoms in total. The van der Waals surface area contributed by atoms with Crippen LogP contribution in [0.2, 0.25) is 0 Å². The number of aliphatic carboxylic acids is 1. The first-order chi connectivity index (χ1) is 8.56. The van der Waals surface area contributed by atoms with Gasteiger partial charge in [-0.15, -0.1) is 5.10 Å². The van der Waals surface area contributed by atoms with Crippen LogP contribution in [-0.2, 0) is 4.79 Å². The highest BCUT2D eigenvalue weighted by Gasteiger charge is 2.09. The smallest absolute Gasteiger partial charge is 0.341 e. The number of hydrogen-bond donors (Lipinski definition) is 1. The molecule has 6 heteroatoms. The number of aromatic nitrogens is 2. The predicted molar refractivity (Wildman–Crippen MR) is 61.4 cm³/mol. The standard InChI is InChI=1S/C12H11FN2O3/c1-8-5-11(18-7-12(16)17)14-15(8)10-4-2-3-9(13)6-10/h2-6H,7H2,1H3,(H,16,17). The lowest BCUT2D eigenvalue weighted by Gasteiger charge is -2.03. The lowest BCUT2D eigenvalue weighted by Crippen LogP contribution is -2.10. The Hall–Kier alpha value is -2.37. The van der Waals surface area contributed by atoms with E-state index in [1.165, 1.54) is 16.8 Å². The van der Waals surface area contributed by atoms with Crippen molar-refractivity contribution in [1.82, 2.24) is 9.78 Å². The summed E-state index contributed by atoms with van der Waals surface area (Å²) in [4.78, 5) is 10.4. The van der Waals surface area contributed by atoms with Crippen molar-refractivity contribution in [3.8, 4) is 11.6 Å². The van der Waals surface area contributed by atoms with Crippen LogP contribution in [-0.4, -0.2) is 27.5 Å². The van der Waals surface area contributed by atoms with Crippen LogP contribution in [0, 0.1) is 12.7 Å². The molecule has 2 rings (SSSR count). The van der Waals surface area contributed by atoms with E-state index >= 15 is 0 Å². The molecule has 0 fully saturated rings. The van der Waals surface area contributed by atoms with Crippen LogP contribution < -0.4 is 4.74 Å². The third-order valence-electron chi connectivity index (χ3n) is 2.26. The summed E-state index contributed by atoms with van der Waals surface area (Å²) in [5.74, 6) is -1.25. The summed E-state index contributed by atoms with van der Waals surface area (Å²) >= 11 is 0. The summed E-state index contributed by atoms with van der Waals surface area (Å²) in [7, 11) is 0. The van der Waals surface area contributed by atoms with Gasteiger partial charge in [0.25, 0.3) is 0 Å². The van der Waals surface area contributed by atoms with Crippen molar-refractivity contribution in [3.05, 3.63) is 41.8 Å². The van der Waals surface area contributed by atoms with E-state index in [-0.39, 0.29) is 11.7 Å². The number of ether oxygens (including phenoxy) is 1. The van der Waals surface area contributed by atoms with E-state index in [2.05, 4.69) is 5.10 Å². The Kier molecular flexibility index (Phi) is 3.27. The Balaban J connectivity index is 2.26. The first-order valence-corrected chi connectivity index (χ1v) is 5.23. The van der Waals surface area contributed by atoms with Gasteiger partial charge in [-0.2, -0.15) is 0 Å². The van der Waals surface area contributed by atoms with Gasteiger partial charge in [0.05, 0.1) is 5.69 Å². The average Bonchev–Trinajstić information content (AvgIpc) is 2.68. The van der Waals surface area contributed by atoms with Crippen LogP contribution >= 0.6 is 0 Å².